The van der Waals surface area contributed by atoms with Crippen molar-refractivity contribution < 1.29 is 0 Å². The van der Waals surface area contributed by atoms with Crippen LogP contribution in [0.3, 0.4) is 0 Å². The first-order chi connectivity index (χ1) is 7.24. The highest BCUT2D eigenvalue weighted by Crippen LogP contribution is 2.35. The molecule has 2 rings (SSSR count). The molecule has 2 N–H and O–H groups in total. The Hall–Kier alpha value is -0.700. The third-order valence-electron chi connectivity index (χ3n) is 2.93. The van der Waals surface area contributed by atoms with Crippen LogP contribution in [-0.4, -0.2) is 10.2 Å². The Kier molecular flexibility index (Phi) is 3.52. The van der Waals surface area contributed by atoms with Crippen molar-refractivity contribution in [2.24, 2.45) is 5.92 Å². The van der Waals surface area contributed by atoms with Crippen LogP contribution in [0.1, 0.15) is 32.6 Å². The predicted molar refractivity (Wildman–Crippen MR) is 65.9 cm³/mol. The third kappa shape index (κ3) is 3.13. The topological polar surface area (TPSA) is 38.9 Å². The minimum absolute atomic E-state index is 0.747. The second kappa shape index (κ2) is 4.88. The standard InChI is InChI=1S/C12H18N2S/c1-9-3-2-4-11(7-9)15-12-6-5-10(13)8-14-12/h5-6,8-9,11H,2-4,7,13H2,1H3. The fourth-order valence-electron chi connectivity index (χ4n) is 2.12. The van der Waals surface area contributed by atoms with Crippen molar-refractivity contribution >= 4 is 17.4 Å². The first kappa shape index (κ1) is 10.8. The maximum atomic E-state index is 5.61. The lowest BCUT2D eigenvalue weighted by Crippen LogP contribution is -2.15. The molecule has 0 saturated heterocycles. The van der Waals surface area contributed by atoms with Gasteiger partial charge < -0.3 is 5.73 Å². The maximum absolute atomic E-state index is 5.61. The van der Waals surface area contributed by atoms with Crippen LogP contribution in [0.2, 0.25) is 0 Å². The van der Waals surface area contributed by atoms with Gasteiger partial charge in [-0.15, -0.1) is 11.8 Å². The zero-order chi connectivity index (χ0) is 10.7. The number of hydrogen-bond acceptors (Lipinski definition) is 3. The molecule has 1 fully saturated rings. The molecule has 2 atom stereocenters. The van der Waals surface area contributed by atoms with Crippen LogP contribution >= 0.6 is 11.8 Å². The largest absolute Gasteiger partial charge is 0.397 e. The third-order valence-corrected chi connectivity index (χ3v) is 4.18. The molecule has 0 spiro atoms. The van der Waals surface area contributed by atoms with Gasteiger partial charge in [-0.3, -0.25) is 0 Å². The second-order valence-electron chi connectivity index (χ2n) is 4.44. The number of nitrogens with two attached hydrogens (primary N) is 1. The quantitative estimate of drug-likeness (QED) is 0.834. The van der Waals surface area contributed by atoms with Gasteiger partial charge in [0.25, 0.3) is 0 Å². The molecule has 0 bridgehead atoms. The molecule has 2 nitrogen and oxygen atoms in total. The fraction of sp³-hybridized carbons (Fsp3) is 0.583. The molecular formula is C12H18N2S. The summed E-state index contributed by atoms with van der Waals surface area (Å²) in [7, 11) is 0. The van der Waals surface area contributed by atoms with Crippen LogP contribution < -0.4 is 5.73 Å². The van der Waals surface area contributed by atoms with Crippen molar-refractivity contribution in [3.05, 3.63) is 18.3 Å². The smallest absolute Gasteiger partial charge is 0.0964 e. The number of rotatable bonds is 2. The molecule has 1 aliphatic rings. The zero-order valence-corrected chi connectivity index (χ0v) is 9.96. The maximum Gasteiger partial charge on any atom is 0.0964 e. The van der Waals surface area contributed by atoms with Gasteiger partial charge in [-0.1, -0.05) is 19.8 Å². The van der Waals surface area contributed by atoms with Gasteiger partial charge in [-0.25, -0.2) is 4.98 Å². The molecule has 0 aliphatic heterocycles. The van der Waals surface area contributed by atoms with Gasteiger partial charge in [0.1, 0.15) is 0 Å². The van der Waals surface area contributed by atoms with Crippen LogP contribution in [0.4, 0.5) is 5.69 Å². The van der Waals surface area contributed by atoms with E-state index in [1.165, 1.54) is 25.7 Å². The highest BCUT2D eigenvalue weighted by Gasteiger charge is 2.19. The van der Waals surface area contributed by atoms with E-state index in [9.17, 15) is 0 Å². The number of thioether (sulfide) groups is 1. The van der Waals surface area contributed by atoms with E-state index in [1.54, 1.807) is 6.20 Å². The normalized spacial score (nSPS) is 26.5. The molecule has 0 amide bonds. The molecule has 0 radical (unpaired) electrons. The Balaban J connectivity index is 1.93. The van der Waals surface area contributed by atoms with Crippen molar-refractivity contribution in [3.8, 4) is 0 Å². The summed E-state index contributed by atoms with van der Waals surface area (Å²) < 4.78 is 0. The average molecular weight is 222 g/mol. The van der Waals surface area contributed by atoms with Gasteiger partial charge in [0, 0.05) is 5.25 Å². The van der Waals surface area contributed by atoms with Crippen molar-refractivity contribution in [1.82, 2.24) is 4.98 Å². The van der Waals surface area contributed by atoms with Crippen LogP contribution in [0.15, 0.2) is 23.4 Å². The minimum Gasteiger partial charge on any atom is -0.397 e. The first-order valence-electron chi connectivity index (χ1n) is 5.62. The SMILES string of the molecule is CC1CCCC(Sc2ccc(N)cn2)C1. The van der Waals surface area contributed by atoms with Crippen molar-refractivity contribution in [3.63, 3.8) is 0 Å². The monoisotopic (exact) mass is 222 g/mol. The number of aromatic nitrogens is 1. The lowest BCUT2D eigenvalue weighted by Gasteiger charge is -2.25. The minimum atomic E-state index is 0.747. The molecule has 2 unspecified atom stereocenters. The van der Waals surface area contributed by atoms with Crippen LogP contribution in [0.5, 0.6) is 0 Å². The summed E-state index contributed by atoms with van der Waals surface area (Å²) in [4.78, 5) is 4.34. The highest BCUT2D eigenvalue weighted by atomic mass is 32.2. The summed E-state index contributed by atoms with van der Waals surface area (Å²) in [6, 6.07) is 3.96. The van der Waals surface area contributed by atoms with E-state index in [0.29, 0.717) is 0 Å². The van der Waals surface area contributed by atoms with E-state index in [2.05, 4.69) is 11.9 Å². The number of hydrogen-bond donors (Lipinski definition) is 1. The van der Waals surface area contributed by atoms with E-state index in [0.717, 1.165) is 21.9 Å². The van der Waals surface area contributed by atoms with Crippen LogP contribution in [-0.2, 0) is 0 Å². The summed E-state index contributed by atoms with van der Waals surface area (Å²) in [6.45, 7) is 2.35. The summed E-state index contributed by atoms with van der Waals surface area (Å²) in [5, 5.41) is 1.87. The molecular weight excluding hydrogens is 204 g/mol. The summed E-state index contributed by atoms with van der Waals surface area (Å²) >= 11 is 1.91. The van der Waals surface area contributed by atoms with Crippen LogP contribution in [0, 0.1) is 5.92 Å². The van der Waals surface area contributed by atoms with Gasteiger partial charge in [0.2, 0.25) is 0 Å². The highest BCUT2D eigenvalue weighted by molar-refractivity contribution is 7.99. The molecule has 1 aliphatic carbocycles. The first-order valence-corrected chi connectivity index (χ1v) is 6.50. The molecule has 1 heterocycles. The van der Waals surface area contributed by atoms with Gasteiger partial charge in [0.15, 0.2) is 0 Å². The number of pyridine rings is 1. The molecule has 82 valence electrons. The van der Waals surface area contributed by atoms with Gasteiger partial charge in [0.05, 0.1) is 16.9 Å². The van der Waals surface area contributed by atoms with E-state index in [4.69, 9.17) is 5.73 Å². The molecule has 3 heteroatoms. The Morgan fingerprint density at radius 2 is 2.27 bits per heavy atom. The van der Waals surface area contributed by atoms with E-state index in [-0.39, 0.29) is 0 Å². The average Bonchev–Trinajstić information content (AvgIpc) is 2.22. The zero-order valence-electron chi connectivity index (χ0n) is 9.15. The molecule has 1 saturated carbocycles. The van der Waals surface area contributed by atoms with E-state index in [1.807, 2.05) is 23.9 Å². The number of nitrogen functional groups attached to an aromatic ring is 1. The fourth-order valence-corrected chi connectivity index (χ4v) is 3.43. The van der Waals surface area contributed by atoms with E-state index < -0.39 is 0 Å². The van der Waals surface area contributed by atoms with Gasteiger partial charge >= 0.3 is 0 Å². The van der Waals surface area contributed by atoms with Crippen LogP contribution in [0.25, 0.3) is 0 Å². The van der Waals surface area contributed by atoms with Crippen molar-refractivity contribution in [1.29, 1.82) is 0 Å². The Morgan fingerprint density at radius 3 is 2.93 bits per heavy atom. The summed E-state index contributed by atoms with van der Waals surface area (Å²) in [5.41, 5.74) is 6.36. The number of anilines is 1. The Labute approximate surface area is 95.7 Å². The van der Waals surface area contributed by atoms with Crippen molar-refractivity contribution in [2.75, 3.05) is 5.73 Å². The molecule has 1 aromatic heterocycles. The Morgan fingerprint density at radius 1 is 1.40 bits per heavy atom. The predicted octanol–water partition coefficient (Wildman–Crippen LogP) is 3.33. The molecule has 1 aromatic rings. The van der Waals surface area contributed by atoms with Crippen molar-refractivity contribution in [2.45, 2.75) is 42.9 Å². The van der Waals surface area contributed by atoms with Gasteiger partial charge in [-0.05, 0) is 30.9 Å². The summed E-state index contributed by atoms with van der Waals surface area (Å²) in [6.07, 6.45) is 7.17. The lowest BCUT2D eigenvalue weighted by atomic mass is 9.91. The number of nitrogens with zero attached hydrogens (tertiary/aromatic N) is 1. The summed E-state index contributed by atoms with van der Waals surface area (Å²) in [5.74, 6) is 0.880. The lowest BCUT2D eigenvalue weighted by molar-refractivity contribution is 0.394. The molecule has 0 aromatic carbocycles. The Bertz CT molecular complexity index is 310. The van der Waals surface area contributed by atoms with E-state index >= 15 is 0 Å². The van der Waals surface area contributed by atoms with Gasteiger partial charge in [-0.2, -0.15) is 0 Å². The molecule has 15 heavy (non-hydrogen) atoms. The second-order valence-corrected chi connectivity index (χ2v) is 5.76.